The van der Waals surface area contributed by atoms with E-state index in [0.29, 0.717) is 17.2 Å². The van der Waals surface area contributed by atoms with Crippen LogP contribution in [0.5, 0.6) is 0 Å². The fourth-order valence-electron chi connectivity index (χ4n) is 1.49. The topological polar surface area (TPSA) is 71.1 Å². The maximum absolute atomic E-state index is 13.0. The lowest BCUT2D eigenvalue weighted by Crippen LogP contribution is -2.14. The molecule has 0 aliphatic rings. The van der Waals surface area contributed by atoms with Gasteiger partial charge in [0.1, 0.15) is 11.6 Å². The summed E-state index contributed by atoms with van der Waals surface area (Å²) in [6.45, 7) is 1.55. The molecule has 0 aliphatic heterocycles. The predicted octanol–water partition coefficient (Wildman–Crippen LogP) is 2.73. The molecular weight excluding hydrogens is 281 g/mol. The zero-order valence-electron chi connectivity index (χ0n) is 10.8. The van der Waals surface area contributed by atoms with Gasteiger partial charge in [0, 0.05) is 5.69 Å². The van der Waals surface area contributed by atoms with E-state index in [1.807, 2.05) is 0 Å². The van der Waals surface area contributed by atoms with E-state index in [1.165, 1.54) is 18.3 Å². The molecule has 0 radical (unpaired) electrons. The molecule has 0 atom stereocenters. The molecule has 0 unspecified atom stereocenters. The van der Waals surface area contributed by atoms with Gasteiger partial charge in [-0.25, -0.2) is 17.8 Å². The maximum atomic E-state index is 13.0. The second kappa shape index (κ2) is 5.87. The van der Waals surface area contributed by atoms with Gasteiger partial charge in [0.05, 0.1) is 17.6 Å². The molecule has 1 heterocycles. The first-order valence-electron chi connectivity index (χ1n) is 5.97. The van der Waals surface area contributed by atoms with Gasteiger partial charge in [0.25, 0.3) is 0 Å². The third-order valence-electron chi connectivity index (χ3n) is 2.51. The Kier molecular flexibility index (Phi) is 4.19. The zero-order valence-corrected chi connectivity index (χ0v) is 11.6. The van der Waals surface area contributed by atoms with E-state index in [9.17, 15) is 12.8 Å². The molecule has 7 heteroatoms. The summed E-state index contributed by atoms with van der Waals surface area (Å²) in [4.78, 5) is 4.06. The Labute approximate surface area is 116 Å². The first-order valence-corrected chi connectivity index (χ1v) is 7.63. The quantitative estimate of drug-likeness (QED) is 0.889. The van der Waals surface area contributed by atoms with Crippen LogP contribution in [0.2, 0.25) is 0 Å². The van der Waals surface area contributed by atoms with Gasteiger partial charge in [-0.2, -0.15) is 0 Å². The minimum atomic E-state index is -3.31. The highest BCUT2D eigenvalue weighted by molar-refractivity contribution is 7.92. The van der Waals surface area contributed by atoms with Crippen LogP contribution < -0.4 is 10.0 Å². The van der Waals surface area contributed by atoms with Crippen LogP contribution in [0.1, 0.15) is 6.92 Å². The summed E-state index contributed by atoms with van der Waals surface area (Å²) < 4.78 is 38.2. The van der Waals surface area contributed by atoms with Crippen molar-refractivity contribution in [2.24, 2.45) is 0 Å². The average molecular weight is 295 g/mol. The minimum absolute atomic E-state index is 0.00368. The van der Waals surface area contributed by atoms with Crippen LogP contribution in [0.3, 0.4) is 0 Å². The molecule has 0 bridgehead atoms. The van der Waals surface area contributed by atoms with Crippen molar-refractivity contribution < 1.29 is 12.8 Å². The van der Waals surface area contributed by atoms with E-state index < -0.39 is 10.0 Å². The van der Waals surface area contributed by atoms with E-state index >= 15 is 0 Å². The molecule has 1 aromatic carbocycles. The minimum Gasteiger partial charge on any atom is -0.340 e. The van der Waals surface area contributed by atoms with E-state index in [0.717, 1.165) is 0 Å². The van der Waals surface area contributed by atoms with Crippen LogP contribution in [0, 0.1) is 5.82 Å². The van der Waals surface area contributed by atoms with Crippen molar-refractivity contribution in [3.8, 4) is 0 Å². The number of pyridine rings is 1. The van der Waals surface area contributed by atoms with Crippen LogP contribution in [-0.4, -0.2) is 19.2 Å². The van der Waals surface area contributed by atoms with Gasteiger partial charge in [-0.05, 0) is 37.3 Å². The molecular formula is C13H14FN3O2S. The highest BCUT2D eigenvalue weighted by Crippen LogP contribution is 2.17. The third-order valence-corrected chi connectivity index (χ3v) is 3.82. The van der Waals surface area contributed by atoms with Crippen molar-refractivity contribution >= 4 is 27.2 Å². The number of aromatic nitrogens is 1. The Morgan fingerprint density at radius 2 is 2.00 bits per heavy atom. The molecule has 2 N–H and O–H groups in total. The number of sulfonamides is 1. The lowest BCUT2D eigenvalue weighted by atomic mass is 10.3. The monoisotopic (exact) mass is 295 g/mol. The van der Waals surface area contributed by atoms with Gasteiger partial charge in [-0.3, -0.25) is 4.72 Å². The smallest absolute Gasteiger partial charge is 0.232 e. The van der Waals surface area contributed by atoms with Crippen LogP contribution in [0.15, 0.2) is 42.6 Å². The van der Waals surface area contributed by atoms with Crippen molar-refractivity contribution in [1.29, 1.82) is 0 Å². The molecule has 0 saturated heterocycles. The summed E-state index contributed by atoms with van der Waals surface area (Å²) in [6, 6.07) is 9.18. The number of nitrogens with one attached hydrogen (secondary N) is 2. The largest absolute Gasteiger partial charge is 0.340 e. The Morgan fingerprint density at radius 1 is 1.20 bits per heavy atom. The molecule has 106 valence electrons. The third kappa shape index (κ3) is 3.92. The maximum Gasteiger partial charge on any atom is 0.232 e. The highest BCUT2D eigenvalue weighted by Gasteiger charge is 2.06. The fraction of sp³-hybridized carbons (Fsp3) is 0.154. The van der Waals surface area contributed by atoms with Crippen molar-refractivity contribution in [2.75, 3.05) is 15.8 Å². The van der Waals surface area contributed by atoms with Gasteiger partial charge in [0.2, 0.25) is 10.0 Å². The SMILES string of the molecule is CCS(=O)(=O)Nc1ccc(Nc2cccc(F)c2)nc1. The van der Waals surface area contributed by atoms with Gasteiger partial charge >= 0.3 is 0 Å². The van der Waals surface area contributed by atoms with E-state index in [1.54, 1.807) is 31.2 Å². The number of rotatable bonds is 5. The fourth-order valence-corrected chi connectivity index (χ4v) is 2.12. The predicted molar refractivity (Wildman–Crippen MR) is 77.0 cm³/mol. The molecule has 2 aromatic rings. The number of benzene rings is 1. The van der Waals surface area contributed by atoms with Gasteiger partial charge in [-0.15, -0.1) is 0 Å². The lowest BCUT2D eigenvalue weighted by molar-refractivity contribution is 0.602. The molecule has 0 spiro atoms. The summed E-state index contributed by atoms with van der Waals surface area (Å²) in [5.74, 6) is 0.147. The van der Waals surface area contributed by atoms with Crippen LogP contribution in [0.25, 0.3) is 0 Å². The molecule has 0 saturated carbocycles. The molecule has 0 aliphatic carbocycles. The normalized spacial score (nSPS) is 11.1. The summed E-state index contributed by atoms with van der Waals surface area (Å²) >= 11 is 0. The molecule has 0 amide bonds. The first-order chi connectivity index (χ1) is 9.48. The van der Waals surface area contributed by atoms with Crippen molar-refractivity contribution in [3.63, 3.8) is 0 Å². The second-order valence-corrected chi connectivity index (χ2v) is 6.08. The number of anilines is 3. The highest BCUT2D eigenvalue weighted by atomic mass is 32.2. The van der Waals surface area contributed by atoms with Crippen LogP contribution in [-0.2, 0) is 10.0 Å². The van der Waals surface area contributed by atoms with Gasteiger partial charge in [-0.1, -0.05) is 6.07 Å². The Morgan fingerprint density at radius 3 is 2.60 bits per heavy atom. The number of hydrogen-bond acceptors (Lipinski definition) is 4. The van der Waals surface area contributed by atoms with Gasteiger partial charge in [0.15, 0.2) is 0 Å². The Bertz CT molecular complexity index is 687. The standard InChI is InChI=1S/C13H14FN3O2S/c1-2-20(18,19)17-12-6-7-13(15-9-12)16-11-5-3-4-10(14)8-11/h3-9,17H,2H2,1H3,(H,15,16). The van der Waals surface area contributed by atoms with E-state index in [2.05, 4.69) is 15.0 Å². The van der Waals surface area contributed by atoms with Gasteiger partial charge < -0.3 is 5.32 Å². The van der Waals surface area contributed by atoms with E-state index in [-0.39, 0.29) is 11.6 Å². The first kappa shape index (κ1) is 14.3. The second-order valence-electron chi connectivity index (χ2n) is 4.07. The molecule has 5 nitrogen and oxygen atoms in total. The summed E-state index contributed by atoms with van der Waals surface area (Å²) in [5.41, 5.74) is 0.955. The van der Waals surface area contributed by atoms with Crippen molar-refractivity contribution in [1.82, 2.24) is 4.98 Å². The average Bonchev–Trinajstić information content (AvgIpc) is 2.41. The zero-order chi connectivity index (χ0) is 14.6. The van der Waals surface area contributed by atoms with Crippen molar-refractivity contribution in [2.45, 2.75) is 6.92 Å². The Balaban J connectivity index is 2.09. The molecule has 20 heavy (non-hydrogen) atoms. The van der Waals surface area contributed by atoms with Crippen LogP contribution >= 0.6 is 0 Å². The van der Waals surface area contributed by atoms with Crippen LogP contribution in [0.4, 0.5) is 21.6 Å². The molecule has 2 rings (SSSR count). The Hall–Kier alpha value is -2.15. The number of hydrogen-bond donors (Lipinski definition) is 2. The number of halogens is 1. The summed E-state index contributed by atoms with van der Waals surface area (Å²) in [7, 11) is -3.31. The molecule has 0 fully saturated rings. The lowest BCUT2D eigenvalue weighted by Gasteiger charge is -2.08. The van der Waals surface area contributed by atoms with E-state index in [4.69, 9.17) is 0 Å². The van der Waals surface area contributed by atoms with Crippen molar-refractivity contribution in [3.05, 3.63) is 48.4 Å². The summed E-state index contributed by atoms with van der Waals surface area (Å²) in [5, 5.41) is 2.92. The molecule has 1 aromatic heterocycles. The summed E-state index contributed by atoms with van der Waals surface area (Å²) in [6.07, 6.45) is 1.40. The number of nitrogens with zero attached hydrogens (tertiary/aromatic N) is 1.